The number of rotatable bonds is 3. The van der Waals surface area contributed by atoms with Crippen molar-refractivity contribution in [2.75, 3.05) is 11.6 Å². The molecule has 2 aromatic carbocycles. The highest BCUT2D eigenvalue weighted by molar-refractivity contribution is 5.79. The lowest BCUT2D eigenvalue weighted by molar-refractivity contribution is 0.449. The molecule has 0 fully saturated rings. The summed E-state index contributed by atoms with van der Waals surface area (Å²) in [5.74, 6) is 0.761. The van der Waals surface area contributed by atoms with E-state index >= 15 is 0 Å². The second kappa shape index (κ2) is 5.11. The van der Waals surface area contributed by atoms with Crippen LogP contribution in [0.3, 0.4) is 0 Å². The van der Waals surface area contributed by atoms with Crippen molar-refractivity contribution in [3.8, 4) is 11.8 Å². The zero-order valence-corrected chi connectivity index (χ0v) is 12.2. The lowest BCUT2D eigenvalue weighted by Gasteiger charge is -2.14. The number of imidazole rings is 1. The van der Waals surface area contributed by atoms with Crippen molar-refractivity contribution in [3.05, 3.63) is 60.4 Å². The molecule has 4 rings (SSSR count). The molecule has 1 aliphatic rings. The maximum Gasteiger partial charge on any atom is 0.300 e. The Morgan fingerprint density at radius 1 is 1.14 bits per heavy atom. The maximum atomic E-state index is 5.82. The molecule has 1 aliphatic heterocycles. The molecule has 0 saturated carbocycles. The van der Waals surface area contributed by atoms with Gasteiger partial charge >= 0.3 is 0 Å². The van der Waals surface area contributed by atoms with Crippen molar-refractivity contribution in [1.29, 1.82) is 0 Å². The lowest BCUT2D eigenvalue weighted by atomic mass is 10.2. The fourth-order valence-electron chi connectivity index (χ4n) is 2.54. The smallest absolute Gasteiger partial charge is 0.300 e. The maximum absolute atomic E-state index is 5.82. The minimum atomic E-state index is 0.514. The van der Waals surface area contributed by atoms with E-state index in [9.17, 15) is 0 Å². The van der Waals surface area contributed by atoms with Gasteiger partial charge in [0.15, 0.2) is 0 Å². The zero-order valence-electron chi connectivity index (χ0n) is 12.2. The fraction of sp³-hybridized carbons (Fsp3) is 0.118. The molecule has 0 amide bonds. The number of aryl methyl sites for hydroxylation is 1. The van der Waals surface area contributed by atoms with Crippen molar-refractivity contribution in [1.82, 2.24) is 15.3 Å². The number of H-pyrrole nitrogens is 1. The van der Waals surface area contributed by atoms with Crippen LogP contribution in [-0.2, 0) is 0 Å². The predicted molar refractivity (Wildman–Crippen MR) is 87.0 cm³/mol. The highest BCUT2D eigenvalue weighted by Gasteiger charge is 2.08. The van der Waals surface area contributed by atoms with Crippen LogP contribution >= 0.6 is 0 Å². The van der Waals surface area contributed by atoms with Crippen LogP contribution in [0.4, 0.5) is 5.69 Å². The van der Waals surface area contributed by atoms with Crippen LogP contribution in [0.5, 0.6) is 11.8 Å². The number of nitrogens with zero attached hydrogens (tertiary/aromatic N) is 2. The molecule has 0 atom stereocenters. The highest BCUT2D eigenvalue weighted by atomic mass is 16.5. The minimum Gasteiger partial charge on any atom is -0.426 e. The average Bonchev–Trinajstić information content (AvgIpc) is 3.18. The molecule has 0 aliphatic carbocycles. The van der Waals surface area contributed by atoms with Crippen molar-refractivity contribution in [3.63, 3.8) is 0 Å². The molecule has 0 saturated heterocycles. The second-order valence-electron chi connectivity index (χ2n) is 5.25. The SMILES string of the molecule is Cc1cccc2nc(Oc3ccc(N4C=CNC4)cc3)[nH]c12. The Morgan fingerprint density at radius 2 is 2.00 bits per heavy atom. The molecule has 3 aromatic rings. The number of hydrogen-bond donors (Lipinski definition) is 2. The Balaban J connectivity index is 1.56. The van der Waals surface area contributed by atoms with Gasteiger partial charge in [-0.05, 0) is 42.8 Å². The van der Waals surface area contributed by atoms with Gasteiger partial charge in [0.05, 0.1) is 17.7 Å². The number of aromatic amines is 1. The van der Waals surface area contributed by atoms with Gasteiger partial charge in [-0.3, -0.25) is 0 Å². The third kappa shape index (κ3) is 2.26. The summed E-state index contributed by atoms with van der Waals surface area (Å²) in [5.41, 5.74) is 4.21. The number of hydrogen-bond acceptors (Lipinski definition) is 4. The summed E-state index contributed by atoms with van der Waals surface area (Å²) in [7, 11) is 0. The molecule has 2 heterocycles. The van der Waals surface area contributed by atoms with Crippen molar-refractivity contribution >= 4 is 16.7 Å². The molecule has 0 bridgehead atoms. The van der Waals surface area contributed by atoms with Crippen molar-refractivity contribution in [2.24, 2.45) is 0 Å². The number of aromatic nitrogens is 2. The van der Waals surface area contributed by atoms with E-state index in [0.717, 1.165) is 34.7 Å². The second-order valence-corrected chi connectivity index (χ2v) is 5.25. The van der Waals surface area contributed by atoms with Crippen molar-refractivity contribution in [2.45, 2.75) is 6.92 Å². The minimum absolute atomic E-state index is 0.514. The summed E-state index contributed by atoms with van der Waals surface area (Å²) in [4.78, 5) is 9.80. The first kappa shape index (κ1) is 12.8. The van der Waals surface area contributed by atoms with Crippen LogP contribution in [0, 0.1) is 6.92 Å². The Kier molecular flexibility index (Phi) is 2.96. The highest BCUT2D eigenvalue weighted by Crippen LogP contribution is 2.26. The van der Waals surface area contributed by atoms with Crippen LogP contribution in [0.25, 0.3) is 11.0 Å². The molecule has 5 heteroatoms. The number of fused-ring (bicyclic) bond motifs is 1. The number of benzene rings is 2. The van der Waals surface area contributed by atoms with E-state index in [2.05, 4.69) is 33.2 Å². The van der Waals surface area contributed by atoms with E-state index in [0.29, 0.717) is 6.01 Å². The van der Waals surface area contributed by atoms with Crippen LogP contribution in [0.1, 0.15) is 5.56 Å². The number of anilines is 1. The third-order valence-corrected chi connectivity index (χ3v) is 3.72. The van der Waals surface area contributed by atoms with Gasteiger partial charge in [0.25, 0.3) is 6.01 Å². The van der Waals surface area contributed by atoms with Gasteiger partial charge in [0.2, 0.25) is 0 Å². The first-order valence-electron chi connectivity index (χ1n) is 7.19. The average molecular weight is 292 g/mol. The van der Waals surface area contributed by atoms with Crippen LogP contribution in [-0.4, -0.2) is 16.6 Å². The molecular formula is C17H16N4O. The largest absolute Gasteiger partial charge is 0.426 e. The Bertz CT molecular complexity index is 835. The molecule has 0 unspecified atom stereocenters. The van der Waals surface area contributed by atoms with Gasteiger partial charge in [-0.15, -0.1) is 0 Å². The lowest BCUT2D eigenvalue weighted by Crippen LogP contribution is -2.19. The summed E-state index contributed by atoms with van der Waals surface area (Å²) in [5, 5.41) is 3.14. The predicted octanol–water partition coefficient (Wildman–Crippen LogP) is 3.50. The normalized spacial score (nSPS) is 13.6. The Labute approximate surface area is 128 Å². The standard InChI is InChI=1S/C17H16N4O/c1-12-3-2-4-15-16(12)20-17(19-15)22-14-7-5-13(6-8-14)21-10-9-18-11-21/h2-10,18H,11H2,1H3,(H,19,20). The van der Waals surface area contributed by atoms with Gasteiger partial charge in [-0.25, -0.2) is 0 Å². The first-order chi connectivity index (χ1) is 10.8. The van der Waals surface area contributed by atoms with Gasteiger partial charge in [0.1, 0.15) is 5.75 Å². The zero-order chi connectivity index (χ0) is 14.9. The first-order valence-corrected chi connectivity index (χ1v) is 7.19. The summed E-state index contributed by atoms with van der Waals surface area (Å²) in [6, 6.07) is 14.5. The third-order valence-electron chi connectivity index (χ3n) is 3.72. The van der Waals surface area contributed by atoms with Crippen molar-refractivity contribution < 1.29 is 4.74 Å². The van der Waals surface area contributed by atoms with E-state index in [1.165, 1.54) is 0 Å². The molecule has 5 nitrogen and oxygen atoms in total. The molecule has 1 aromatic heterocycles. The topological polar surface area (TPSA) is 53.2 Å². The van der Waals surface area contributed by atoms with E-state index in [-0.39, 0.29) is 0 Å². The summed E-state index contributed by atoms with van der Waals surface area (Å²) in [6.07, 6.45) is 3.94. The summed E-state index contributed by atoms with van der Waals surface area (Å²) in [6.45, 7) is 2.85. The molecule has 22 heavy (non-hydrogen) atoms. The van der Waals surface area contributed by atoms with E-state index in [1.54, 1.807) is 0 Å². The summed E-state index contributed by atoms with van der Waals surface area (Å²) >= 11 is 0. The molecule has 2 N–H and O–H groups in total. The van der Waals surface area contributed by atoms with E-state index in [4.69, 9.17) is 4.74 Å². The summed E-state index contributed by atoms with van der Waals surface area (Å²) < 4.78 is 5.82. The molecular weight excluding hydrogens is 276 g/mol. The molecule has 0 spiro atoms. The van der Waals surface area contributed by atoms with E-state index in [1.807, 2.05) is 48.8 Å². The van der Waals surface area contributed by atoms with Gasteiger partial charge < -0.3 is 19.9 Å². The van der Waals surface area contributed by atoms with Crippen LogP contribution < -0.4 is 15.0 Å². The Morgan fingerprint density at radius 3 is 2.73 bits per heavy atom. The number of para-hydroxylation sites is 1. The monoisotopic (exact) mass is 292 g/mol. The van der Waals surface area contributed by atoms with Crippen LogP contribution in [0.15, 0.2) is 54.9 Å². The van der Waals surface area contributed by atoms with Crippen LogP contribution in [0.2, 0.25) is 0 Å². The number of ether oxygens (including phenoxy) is 1. The fourth-order valence-corrected chi connectivity index (χ4v) is 2.54. The van der Waals surface area contributed by atoms with E-state index < -0.39 is 0 Å². The Hall–Kier alpha value is -2.95. The quantitative estimate of drug-likeness (QED) is 0.775. The van der Waals surface area contributed by atoms with Gasteiger partial charge in [0, 0.05) is 18.1 Å². The number of nitrogens with one attached hydrogen (secondary N) is 2. The molecule has 110 valence electrons. The van der Waals surface area contributed by atoms with Gasteiger partial charge in [-0.1, -0.05) is 12.1 Å². The molecule has 0 radical (unpaired) electrons. The van der Waals surface area contributed by atoms with Gasteiger partial charge in [-0.2, -0.15) is 4.98 Å².